The van der Waals surface area contributed by atoms with Crippen molar-refractivity contribution in [3.63, 3.8) is 0 Å². The van der Waals surface area contributed by atoms with Gasteiger partial charge in [0.15, 0.2) is 0 Å². The van der Waals surface area contributed by atoms with Crippen LogP contribution in [-0.4, -0.2) is 29.8 Å². The highest BCUT2D eigenvalue weighted by molar-refractivity contribution is 5.92. The number of amides is 2. The molecule has 0 spiro atoms. The Balaban J connectivity index is 1.87. The van der Waals surface area contributed by atoms with E-state index in [1.165, 1.54) is 0 Å². The predicted octanol–water partition coefficient (Wildman–Crippen LogP) is 3.15. The molecule has 1 aromatic rings. The van der Waals surface area contributed by atoms with Gasteiger partial charge in [-0.2, -0.15) is 0 Å². The molecule has 1 aliphatic carbocycles. The van der Waals surface area contributed by atoms with Gasteiger partial charge in [-0.1, -0.05) is 44.2 Å². The van der Waals surface area contributed by atoms with Crippen LogP contribution in [0.1, 0.15) is 51.6 Å². The third kappa shape index (κ3) is 4.57. The van der Waals surface area contributed by atoms with Crippen molar-refractivity contribution in [1.29, 1.82) is 0 Å². The van der Waals surface area contributed by atoms with E-state index >= 15 is 0 Å². The van der Waals surface area contributed by atoms with Crippen LogP contribution in [0.5, 0.6) is 0 Å². The summed E-state index contributed by atoms with van der Waals surface area (Å²) < 4.78 is 0. The molecule has 2 amide bonds. The van der Waals surface area contributed by atoms with E-state index in [0.29, 0.717) is 6.42 Å². The van der Waals surface area contributed by atoms with E-state index in [4.69, 9.17) is 0 Å². The summed E-state index contributed by atoms with van der Waals surface area (Å²) in [5.41, 5.74) is 1.09. The van der Waals surface area contributed by atoms with Gasteiger partial charge in [-0.25, -0.2) is 0 Å². The van der Waals surface area contributed by atoms with Crippen LogP contribution in [0.2, 0.25) is 0 Å². The van der Waals surface area contributed by atoms with Crippen LogP contribution in [0.4, 0.5) is 0 Å². The first-order valence-electron chi connectivity index (χ1n) is 8.72. The first-order valence-corrected chi connectivity index (χ1v) is 8.72. The Morgan fingerprint density at radius 2 is 1.74 bits per heavy atom. The van der Waals surface area contributed by atoms with Gasteiger partial charge >= 0.3 is 0 Å². The molecule has 0 bridgehead atoms. The van der Waals surface area contributed by atoms with Gasteiger partial charge in [-0.3, -0.25) is 9.59 Å². The molecule has 0 saturated heterocycles. The summed E-state index contributed by atoms with van der Waals surface area (Å²) >= 11 is 0. The molecular weight excluding hydrogens is 288 g/mol. The lowest BCUT2D eigenvalue weighted by Gasteiger charge is -2.21. The number of nitrogens with zero attached hydrogens (tertiary/aromatic N) is 1. The molecule has 0 heterocycles. The minimum Gasteiger partial charge on any atom is -0.349 e. The zero-order chi connectivity index (χ0) is 16.8. The molecule has 0 radical (unpaired) electrons. The number of hydrogen-bond acceptors (Lipinski definition) is 2. The molecule has 3 unspecified atom stereocenters. The molecule has 1 aliphatic rings. The summed E-state index contributed by atoms with van der Waals surface area (Å²) in [5, 5.41) is 3.04. The van der Waals surface area contributed by atoms with Crippen LogP contribution in [0, 0.1) is 11.8 Å². The highest BCUT2D eigenvalue weighted by atomic mass is 16.2. The van der Waals surface area contributed by atoms with E-state index in [1.54, 1.807) is 0 Å². The lowest BCUT2D eigenvalue weighted by molar-refractivity contribution is -0.135. The third-order valence-electron chi connectivity index (χ3n) is 4.40. The minimum atomic E-state index is -0.148. The maximum atomic E-state index is 12.5. The Kier molecular flexibility index (Phi) is 6.20. The lowest BCUT2D eigenvalue weighted by Crippen LogP contribution is -2.36. The molecule has 3 atom stereocenters. The van der Waals surface area contributed by atoms with Gasteiger partial charge in [0.25, 0.3) is 0 Å². The summed E-state index contributed by atoms with van der Waals surface area (Å²) in [6.45, 7) is 7.71. The highest BCUT2D eigenvalue weighted by Crippen LogP contribution is 2.40. The largest absolute Gasteiger partial charge is 0.349 e. The van der Waals surface area contributed by atoms with Crippen LogP contribution in [0.3, 0.4) is 0 Å². The lowest BCUT2D eigenvalue weighted by atomic mass is 10.1. The Labute approximate surface area is 139 Å². The quantitative estimate of drug-likeness (QED) is 0.801. The molecule has 1 aromatic carbocycles. The summed E-state index contributed by atoms with van der Waals surface area (Å²) in [7, 11) is 0. The van der Waals surface area contributed by atoms with Gasteiger partial charge < -0.3 is 10.2 Å². The molecular formula is C19H28N2O2. The molecule has 2 rings (SSSR count). The topological polar surface area (TPSA) is 49.4 Å². The molecule has 0 aliphatic heterocycles. The molecule has 126 valence electrons. The fraction of sp³-hybridized carbons (Fsp3) is 0.579. The van der Waals surface area contributed by atoms with Crippen molar-refractivity contribution >= 4 is 11.8 Å². The maximum Gasteiger partial charge on any atom is 0.226 e. The van der Waals surface area contributed by atoms with Gasteiger partial charge in [0.1, 0.15) is 0 Å². The van der Waals surface area contributed by atoms with Crippen LogP contribution in [-0.2, 0) is 9.59 Å². The number of nitrogens with one attached hydrogen (secondary N) is 1. The standard InChI is InChI=1S/C19H28N2O2/c1-4-11-21(12-5-2)19(23)17-13-16(17)18(22)20-14(3)15-9-7-6-8-10-15/h6-10,14,16-17H,4-5,11-13H2,1-3H3,(H,20,22). The molecule has 1 N–H and O–H groups in total. The van der Waals surface area contributed by atoms with Gasteiger partial charge in [-0.15, -0.1) is 0 Å². The SMILES string of the molecule is CCCN(CCC)C(=O)C1CC1C(=O)NC(C)c1ccccc1. The third-order valence-corrected chi connectivity index (χ3v) is 4.40. The van der Waals surface area contributed by atoms with E-state index in [1.807, 2.05) is 42.2 Å². The highest BCUT2D eigenvalue weighted by Gasteiger charge is 2.49. The van der Waals surface area contributed by atoms with E-state index in [-0.39, 0.29) is 29.7 Å². The Morgan fingerprint density at radius 1 is 1.13 bits per heavy atom. The van der Waals surface area contributed by atoms with Crippen LogP contribution in [0.15, 0.2) is 30.3 Å². The smallest absolute Gasteiger partial charge is 0.226 e. The number of carbonyl (C=O) groups is 2. The Bertz CT molecular complexity index is 523. The summed E-state index contributed by atoms with van der Waals surface area (Å²) in [6.07, 6.45) is 2.61. The normalized spacial score (nSPS) is 20.7. The summed E-state index contributed by atoms with van der Waals surface area (Å²) in [6, 6.07) is 9.88. The average Bonchev–Trinajstić information content (AvgIpc) is 3.35. The molecule has 0 aromatic heterocycles. The van der Waals surface area contributed by atoms with Gasteiger partial charge in [-0.05, 0) is 31.7 Å². The van der Waals surface area contributed by atoms with E-state index < -0.39 is 0 Å². The van der Waals surface area contributed by atoms with E-state index in [0.717, 1.165) is 31.5 Å². The number of hydrogen-bond donors (Lipinski definition) is 1. The zero-order valence-electron chi connectivity index (χ0n) is 14.4. The Morgan fingerprint density at radius 3 is 2.30 bits per heavy atom. The van der Waals surface area contributed by atoms with Crippen molar-refractivity contribution in [3.8, 4) is 0 Å². The summed E-state index contributed by atoms with van der Waals surface area (Å²) in [5.74, 6) is -0.102. The van der Waals surface area contributed by atoms with Crippen molar-refractivity contribution in [2.75, 3.05) is 13.1 Å². The zero-order valence-corrected chi connectivity index (χ0v) is 14.4. The molecule has 4 nitrogen and oxygen atoms in total. The number of rotatable bonds is 8. The van der Waals surface area contributed by atoms with Gasteiger partial charge in [0, 0.05) is 13.1 Å². The van der Waals surface area contributed by atoms with Crippen LogP contribution in [0.25, 0.3) is 0 Å². The van der Waals surface area contributed by atoms with E-state index in [2.05, 4.69) is 19.2 Å². The predicted molar refractivity (Wildman–Crippen MR) is 91.8 cm³/mol. The number of benzene rings is 1. The van der Waals surface area contributed by atoms with Crippen molar-refractivity contribution in [2.45, 2.75) is 46.1 Å². The second kappa shape index (κ2) is 8.14. The maximum absolute atomic E-state index is 12.5. The second-order valence-corrected chi connectivity index (χ2v) is 6.41. The Hall–Kier alpha value is -1.84. The molecule has 23 heavy (non-hydrogen) atoms. The van der Waals surface area contributed by atoms with Crippen molar-refractivity contribution in [3.05, 3.63) is 35.9 Å². The molecule has 1 fully saturated rings. The monoisotopic (exact) mass is 316 g/mol. The molecule has 1 saturated carbocycles. The van der Waals surface area contributed by atoms with E-state index in [9.17, 15) is 9.59 Å². The van der Waals surface area contributed by atoms with Crippen LogP contribution >= 0.6 is 0 Å². The van der Waals surface area contributed by atoms with Gasteiger partial charge in [0.05, 0.1) is 17.9 Å². The molecule has 4 heteroatoms. The fourth-order valence-corrected chi connectivity index (χ4v) is 3.01. The van der Waals surface area contributed by atoms with Crippen molar-refractivity contribution < 1.29 is 9.59 Å². The second-order valence-electron chi connectivity index (χ2n) is 6.41. The number of carbonyl (C=O) groups excluding carboxylic acids is 2. The van der Waals surface area contributed by atoms with Crippen molar-refractivity contribution in [2.24, 2.45) is 11.8 Å². The van der Waals surface area contributed by atoms with Crippen LogP contribution < -0.4 is 5.32 Å². The first-order chi connectivity index (χ1) is 11.1. The average molecular weight is 316 g/mol. The minimum absolute atomic E-state index is 0.00708. The summed E-state index contributed by atoms with van der Waals surface area (Å²) in [4.78, 5) is 26.8. The van der Waals surface area contributed by atoms with Crippen molar-refractivity contribution in [1.82, 2.24) is 10.2 Å². The van der Waals surface area contributed by atoms with Gasteiger partial charge in [0.2, 0.25) is 11.8 Å². The fourth-order valence-electron chi connectivity index (χ4n) is 3.01. The first kappa shape index (κ1) is 17.5.